The van der Waals surface area contributed by atoms with Gasteiger partial charge in [-0.05, 0) is 5.56 Å². The summed E-state index contributed by atoms with van der Waals surface area (Å²) in [6.07, 6.45) is 3.10. The molecule has 0 aliphatic rings. The average molecular weight is 234 g/mol. The maximum Gasteiger partial charge on any atom is 0.302 e. The molecule has 0 radical (unpaired) electrons. The molecule has 0 fully saturated rings. The summed E-state index contributed by atoms with van der Waals surface area (Å²) in [5.74, 6) is -0.0664. The summed E-state index contributed by atoms with van der Waals surface area (Å²) in [6.45, 7) is 1.50. The lowest BCUT2D eigenvalue weighted by Crippen LogP contribution is -2.02. The summed E-state index contributed by atoms with van der Waals surface area (Å²) >= 11 is 11.6. The number of halogens is 2. The van der Waals surface area contributed by atoms with Crippen molar-refractivity contribution in [3.05, 3.63) is 28.5 Å². The minimum Gasteiger partial charge on any atom is -0.461 e. The quantitative estimate of drug-likeness (QED) is 0.595. The van der Waals surface area contributed by atoms with Gasteiger partial charge in [0.15, 0.2) is 0 Å². The zero-order valence-corrected chi connectivity index (χ0v) is 9.10. The summed E-state index contributed by atoms with van der Waals surface area (Å²) in [5, 5.41) is 0.490. The Bertz CT molecular complexity index is 342. The highest BCUT2D eigenvalue weighted by atomic mass is 35.5. The summed E-state index contributed by atoms with van der Waals surface area (Å²) in [5.41, 5.74) is 1.49. The van der Waals surface area contributed by atoms with Crippen LogP contribution in [0.2, 0.25) is 5.02 Å². The monoisotopic (exact) mass is 233 g/mol. The molecule has 0 aromatic carbocycles. The topological polar surface area (TPSA) is 39.2 Å². The minimum atomic E-state index is -0.342. The molecule has 1 aromatic heterocycles. The molecule has 1 heterocycles. The average Bonchev–Trinajstić information content (AvgIpc) is 2.14. The summed E-state index contributed by atoms with van der Waals surface area (Å²) in [4.78, 5) is 14.5. The number of hydrogen-bond donors (Lipinski definition) is 0. The van der Waals surface area contributed by atoms with E-state index in [4.69, 9.17) is 27.9 Å². The number of hydrogen-bond acceptors (Lipinski definition) is 3. The standard InChI is InChI=1S/C9H9Cl2NO2/c1-6(13)14-5-7-3-12-4-9(11)8(7)2-10/h3-4H,2,5H2,1H3. The van der Waals surface area contributed by atoms with E-state index >= 15 is 0 Å². The Morgan fingerprint density at radius 1 is 1.57 bits per heavy atom. The summed E-state index contributed by atoms with van der Waals surface area (Å²) < 4.78 is 4.83. The molecule has 0 unspecified atom stereocenters. The first-order chi connectivity index (χ1) is 6.65. The molecule has 0 spiro atoms. The Labute approximate surface area is 92.0 Å². The van der Waals surface area contributed by atoms with Crippen LogP contribution in [0.4, 0.5) is 0 Å². The lowest BCUT2D eigenvalue weighted by Gasteiger charge is -2.07. The molecule has 14 heavy (non-hydrogen) atoms. The first-order valence-electron chi connectivity index (χ1n) is 3.95. The third-order valence-electron chi connectivity index (χ3n) is 1.66. The Morgan fingerprint density at radius 2 is 2.29 bits per heavy atom. The molecule has 0 saturated heterocycles. The van der Waals surface area contributed by atoms with Crippen LogP contribution >= 0.6 is 23.2 Å². The number of pyridine rings is 1. The van der Waals surface area contributed by atoms with Crippen molar-refractivity contribution in [1.82, 2.24) is 4.98 Å². The van der Waals surface area contributed by atoms with E-state index in [0.29, 0.717) is 5.02 Å². The van der Waals surface area contributed by atoms with Gasteiger partial charge in [0.25, 0.3) is 0 Å². The third kappa shape index (κ3) is 2.86. The van der Waals surface area contributed by atoms with Crippen molar-refractivity contribution in [3.8, 4) is 0 Å². The van der Waals surface area contributed by atoms with Crippen molar-refractivity contribution >= 4 is 29.2 Å². The van der Waals surface area contributed by atoms with Crippen molar-refractivity contribution < 1.29 is 9.53 Å². The molecular formula is C9H9Cl2NO2. The maximum atomic E-state index is 10.6. The van der Waals surface area contributed by atoms with Gasteiger partial charge in [0, 0.05) is 30.8 Å². The van der Waals surface area contributed by atoms with E-state index in [2.05, 4.69) is 4.98 Å². The minimum absolute atomic E-state index is 0.158. The fourth-order valence-corrected chi connectivity index (χ4v) is 1.58. The molecule has 0 saturated carbocycles. The number of carbonyl (C=O) groups excluding carboxylic acids is 1. The van der Waals surface area contributed by atoms with Gasteiger partial charge in [-0.25, -0.2) is 0 Å². The number of ether oxygens (including phenoxy) is 1. The fourth-order valence-electron chi connectivity index (χ4n) is 0.955. The van der Waals surface area contributed by atoms with E-state index in [9.17, 15) is 4.79 Å². The lowest BCUT2D eigenvalue weighted by atomic mass is 10.2. The molecule has 5 heteroatoms. The Kier molecular flexibility index (Phi) is 4.17. The number of aromatic nitrogens is 1. The van der Waals surface area contributed by atoms with Crippen LogP contribution in [0.3, 0.4) is 0 Å². The van der Waals surface area contributed by atoms with Crippen LogP contribution in [-0.2, 0) is 22.0 Å². The normalized spacial score (nSPS) is 9.93. The van der Waals surface area contributed by atoms with Gasteiger partial charge >= 0.3 is 5.97 Å². The lowest BCUT2D eigenvalue weighted by molar-refractivity contribution is -0.142. The Hall–Kier alpha value is -0.800. The zero-order chi connectivity index (χ0) is 10.6. The summed E-state index contributed by atoms with van der Waals surface area (Å²) in [6, 6.07) is 0. The Balaban J connectivity index is 2.85. The van der Waals surface area contributed by atoms with Crippen LogP contribution in [0.5, 0.6) is 0 Å². The van der Waals surface area contributed by atoms with Crippen LogP contribution < -0.4 is 0 Å². The number of rotatable bonds is 3. The fraction of sp³-hybridized carbons (Fsp3) is 0.333. The van der Waals surface area contributed by atoms with E-state index in [1.165, 1.54) is 13.1 Å². The van der Waals surface area contributed by atoms with E-state index in [0.717, 1.165) is 11.1 Å². The van der Waals surface area contributed by atoms with Gasteiger partial charge in [0.2, 0.25) is 0 Å². The molecular weight excluding hydrogens is 225 g/mol. The summed E-state index contributed by atoms with van der Waals surface area (Å²) in [7, 11) is 0. The largest absolute Gasteiger partial charge is 0.461 e. The highest BCUT2D eigenvalue weighted by Gasteiger charge is 2.07. The van der Waals surface area contributed by atoms with Crippen LogP contribution in [0.25, 0.3) is 0 Å². The van der Waals surface area contributed by atoms with Crippen molar-refractivity contribution in [2.75, 3.05) is 0 Å². The Morgan fingerprint density at radius 3 is 2.86 bits per heavy atom. The number of alkyl halides is 1. The zero-order valence-electron chi connectivity index (χ0n) is 7.59. The predicted molar refractivity (Wildman–Crippen MR) is 54.3 cm³/mol. The van der Waals surface area contributed by atoms with Crippen molar-refractivity contribution in [2.24, 2.45) is 0 Å². The van der Waals surface area contributed by atoms with Crippen LogP contribution in [0, 0.1) is 0 Å². The molecule has 0 amide bonds. The molecule has 1 rings (SSSR count). The van der Waals surface area contributed by atoms with E-state index in [1.807, 2.05) is 0 Å². The van der Waals surface area contributed by atoms with Crippen LogP contribution in [-0.4, -0.2) is 11.0 Å². The number of carbonyl (C=O) groups is 1. The van der Waals surface area contributed by atoms with Gasteiger partial charge in [-0.1, -0.05) is 11.6 Å². The number of esters is 1. The molecule has 0 aliphatic heterocycles. The second kappa shape index (κ2) is 5.17. The van der Waals surface area contributed by atoms with Gasteiger partial charge < -0.3 is 4.74 Å². The van der Waals surface area contributed by atoms with Gasteiger partial charge in [-0.2, -0.15) is 0 Å². The first kappa shape index (κ1) is 11.3. The van der Waals surface area contributed by atoms with E-state index in [1.54, 1.807) is 6.20 Å². The molecule has 76 valence electrons. The van der Waals surface area contributed by atoms with Gasteiger partial charge in [-0.3, -0.25) is 9.78 Å². The van der Waals surface area contributed by atoms with Crippen molar-refractivity contribution in [1.29, 1.82) is 0 Å². The molecule has 3 nitrogen and oxygen atoms in total. The van der Waals surface area contributed by atoms with Gasteiger partial charge in [-0.15, -0.1) is 11.6 Å². The SMILES string of the molecule is CC(=O)OCc1cncc(Cl)c1CCl. The highest BCUT2D eigenvalue weighted by Crippen LogP contribution is 2.21. The second-order valence-corrected chi connectivity index (χ2v) is 3.35. The maximum absolute atomic E-state index is 10.6. The van der Waals surface area contributed by atoms with E-state index < -0.39 is 0 Å². The predicted octanol–water partition coefficient (Wildman–Crippen LogP) is 2.54. The highest BCUT2D eigenvalue weighted by molar-refractivity contribution is 6.32. The molecule has 0 atom stereocenters. The van der Waals surface area contributed by atoms with Crippen LogP contribution in [0.1, 0.15) is 18.1 Å². The smallest absolute Gasteiger partial charge is 0.302 e. The second-order valence-electron chi connectivity index (χ2n) is 2.67. The molecule has 0 aliphatic carbocycles. The van der Waals surface area contributed by atoms with Gasteiger partial charge in [0.05, 0.1) is 5.02 Å². The molecule has 0 N–H and O–H groups in total. The third-order valence-corrected chi connectivity index (χ3v) is 2.25. The molecule has 0 bridgehead atoms. The van der Waals surface area contributed by atoms with Crippen molar-refractivity contribution in [3.63, 3.8) is 0 Å². The number of nitrogens with zero attached hydrogens (tertiary/aromatic N) is 1. The molecule has 1 aromatic rings. The van der Waals surface area contributed by atoms with Crippen LogP contribution in [0.15, 0.2) is 12.4 Å². The first-order valence-corrected chi connectivity index (χ1v) is 4.87. The van der Waals surface area contributed by atoms with E-state index in [-0.39, 0.29) is 18.5 Å². The van der Waals surface area contributed by atoms with Gasteiger partial charge in [0.1, 0.15) is 6.61 Å². The van der Waals surface area contributed by atoms with Crippen molar-refractivity contribution in [2.45, 2.75) is 19.4 Å².